The van der Waals surface area contributed by atoms with Crippen LogP contribution < -0.4 is 11.1 Å². The van der Waals surface area contributed by atoms with E-state index in [1.165, 1.54) is 22.1 Å². The fourth-order valence-corrected chi connectivity index (χ4v) is 5.23. The Morgan fingerprint density at radius 1 is 1.12 bits per heavy atom. The summed E-state index contributed by atoms with van der Waals surface area (Å²) >= 11 is 1.43. The minimum atomic E-state index is -0.208. The predicted molar refractivity (Wildman–Crippen MR) is 125 cm³/mol. The number of benzene rings is 1. The van der Waals surface area contributed by atoms with E-state index in [1.807, 2.05) is 36.1 Å². The Hall–Kier alpha value is -3.24. The summed E-state index contributed by atoms with van der Waals surface area (Å²) in [7, 11) is 0. The van der Waals surface area contributed by atoms with E-state index >= 15 is 0 Å². The maximum absolute atomic E-state index is 13.2. The van der Waals surface area contributed by atoms with Crippen LogP contribution in [0.25, 0.3) is 26.3 Å². The second kappa shape index (κ2) is 8.03. The average molecular weight is 453 g/mol. The molecule has 5 rings (SSSR count). The molecule has 1 aliphatic rings. The van der Waals surface area contributed by atoms with Crippen LogP contribution in [0.1, 0.15) is 12.6 Å². The number of nitrogens with zero attached hydrogens (tertiary/aromatic N) is 5. The van der Waals surface area contributed by atoms with Crippen molar-refractivity contribution in [1.82, 2.24) is 29.1 Å². The third kappa shape index (κ3) is 3.55. The van der Waals surface area contributed by atoms with Gasteiger partial charge in [0.1, 0.15) is 0 Å². The van der Waals surface area contributed by atoms with Gasteiger partial charge in [-0.15, -0.1) is 0 Å². The monoisotopic (exact) mass is 452 g/mol. The first kappa shape index (κ1) is 20.7. The quantitative estimate of drug-likeness (QED) is 0.507. The molecule has 1 aliphatic heterocycles. The molecule has 1 aromatic carbocycles. The molecule has 9 nitrogen and oxygen atoms in total. The van der Waals surface area contributed by atoms with Crippen molar-refractivity contribution in [2.45, 2.75) is 20.4 Å². The van der Waals surface area contributed by atoms with Gasteiger partial charge in [0.25, 0.3) is 11.1 Å². The number of piperazine rings is 1. The van der Waals surface area contributed by atoms with Crippen molar-refractivity contribution < 1.29 is 4.79 Å². The smallest absolute Gasteiger partial charge is 0.282 e. The molecule has 166 valence electrons. The van der Waals surface area contributed by atoms with E-state index in [9.17, 15) is 14.4 Å². The molecule has 4 heterocycles. The lowest BCUT2D eigenvalue weighted by Gasteiger charge is -2.34. The van der Waals surface area contributed by atoms with E-state index < -0.39 is 0 Å². The maximum Gasteiger partial charge on any atom is 0.282 e. The topological polar surface area (TPSA) is 96.2 Å². The van der Waals surface area contributed by atoms with Gasteiger partial charge >= 0.3 is 0 Å². The van der Waals surface area contributed by atoms with Crippen molar-refractivity contribution in [3.05, 3.63) is 56.7 Å². The molecular weight excluding hydrogens is 428 g/mol. The number of amides is 1. The fourth-order valence-electron chi connectivity index (χ4n) is 4.31. The molecule has 0 bridgehead atoms. The minimum Gasteiger partial charge on any atom is -0.340 e. The van der Waals surface area contributed by atoms with Crippen LogP contribution in [0.5, 0.6) is 0 Å². The van der Waals surface area contributed by atoms with Crippen molar-refractivity contribution in [1.29, 1.82) is 0 Å². The number of carbonyl (C=O) groups is 1. The lowest BCUT2D eigenvalue weighted by Crippen LogP contribution is -2.49. The number of rotatable bonds is 4. The van der Waals surface area contributed by atoms with Crippen LogP contribution in [0.3, 0.4) is 0 Å². The van der Waals surface area contributed by atoms with Crippen molar-refractivity contribution in [3.63, 3.8) is 0 Å². The summed E-state index contributed by atoms with van der Waals surface area (Å²) in [4.78, 5) is 46.2. The number of aromatic amines is 1. The normalized spacial score (nSPS) is 15.1. The molecule has 32 heavy (non-hydrogen) atoms. The molecule has 10 heteroatoms. The summed E-state index contributed by atoms with van der Waals surface area (Å²) in [5.74, 6) is 0.0963. The van der Waals surface area contributed by atoms with Gasteiger partial charge in [-0.2, -0.15) is 4.68 Å². The first-order chi connectivity index (χ1) is 15.4. The third-order valence-electron chi connectivity index (χ3n) is 6.15. The average Bonchev–Trinajstić information content (AvgIpc) is 3.34. The van der Waals surface area contributed by atoms with E-state index in [0.717, 1.165) is 23.3 Å². The molecule has 3 aromatic heterocycles. The summed E-state index contributed by atoms with van der Waals surface area (Å²) in [5, 5.41) is 4.12. The second-order valence-corrected chi connectivity index (χ2v) is 9.08. The molecule has 0 radical (unpaired) electrons. The number of fused-ring (bicyclic) bond motifs is 2. The first-order valence-electron chi connectivity index (χ1n) is 10.6. The zero-order valence-electron chi connectivity index (χ0n) is 18.0. The summed E-state index contributed by atoms with van der Waals surface area (Å²) < 4.78 is 4.08. The van der Waals surface area contributed by atoms with E-state index in [1.54, 1.807) is 11.5 Å². The Balaban J connectivity index is 1.44. The standard InChI is InChI=1S/C22H24N6O3S/c1-14-20-17(24-28(21(20)31)22-23-16-5-3-4-6-18(16)32-22)13-19(30)27(14)12-9-25-7-10-26(11-8-25)15(2)29/h3-6,13,24H,7-12H2,1-2H3. The highest BCUT2D eigenvalue weighted by Crippen LogP contribution is 2.24. The van der Waals surface area contributed by atoms with Gasteiger partial charge < -0.3 is 9.47 Å². The van der Waals surface area contributed by atoms with Crippen molar-refractivity contribution >= 4 is 38.4 Å². The van der Waals surface area contributed by atoms with Crippen LogP contribution in [-0.2, 0) is 11.3 Å². The molecule has 0 aliphatic carbocycles. The Morgan fingerprint density at radius 3 is 2.59 bits per heavy atom. The van der Waals surface area contributed by atoms with Crippen molar-refractivity contribution in [3.8, 4) is 5.13 Å². The zero-order chi connectivity index (χ0) is 22.4. The number of para-hydroxylation sites is 1. The van der Waals surface area contributed by atoms with Crippen LogP contribution in [-0.4, -0.2) is 67.8 Å². The summed E-state index contributed by atoms with van der Waals surface area (Å²) in [6.07, 6.45) is 0. The van der Waals surface area contributed by atoms with Gasteiger partial charge in [-0.05, 0) is 19.1 Å². The number of thiazole rings is 1. The Labute approximate surface area is 187 Å². The second-order valence-electron chi connectivity index (χ2n) is 8.07. The van der Waals surface area contributed by atoms with Gasteiger partial charge in [0, 0.05) is 58.0 Å². The number of aryl methyl sites for hydroxylation is 1. The van der Waals surface area contributed by atoms with Crippen molar-refractivity contribution in [2.75, 3.05) is 32.7 Å². The SMILES string of the molecule is CC(=O)N1CCN(CCn2c(C)c3c(=O)n(-c4nc5ccccc5s4)[nH]c3cc2=O)CC1. The highest BCUT2D eigenvalue weighted by atomic mass is 32.1. The molecule has 0 spiro atoms. The number of carbonyl (C=O) groups excluding carboxylic acids is 1. The van der Waals surface area contributed by atoms with Crippen LogP contribution >= 0.6 is 11.3 Å². The first-order valence-corrected chi connectivity index (χ1v) is 11.4. The number of aromatic nitrogens is 4. The van der Waals surface area contributed by atoms with Gasteiger partial charge in [0.2, 0.25) is 11.0 Å². The van der Waals surface area contributed by atoms with E-state index in [-0.39, 0.29) is 17.0 Å². The highest BCUT2D eigenvalue weighted by molar-refractivity contribution is 7.20. The molecule has 4 aromatic rings. The van der Waals surface area contributed by atoms with E-state index in [0.29, 0.717) is 47.9 Å². The number of pyridine rings is 1. The van der Waals surface area contributed by atoms with Gasteiger partial charge in [0.15, 0.2) is 0 Å². The van der Waals surface area contributed by atoms with Gasteiger partial charge in [-0.1, -0.05) is 23.5 Å². The number of H-pyrrole nitrogens is 1. The van der Waals surface area contributed by atoms with Crippen LogP contribution in [0, 0.1) is 6.92 Å². The largest absolute Gasteiger partial charge is 0.340 e. The molecule has 0 saturated carbocycles. The minimum absolute atomic E-state index is 0.0963. The summed E-state index contributed by atoms with van der Waals surface area (Å²) in [5.41, 5.74) is 1.65. The van der Waals surface area contributed by atoms with Crippen molar-refractivity contribution in [2.24, 2.45) is 0 Å². The summed E-state index contributed by atoms with van der Waals surface area (Å²) in [6, 6.07) is 9.22. The summed E-state index contributed by atoms with van der Waals surface area (Å²) in [6.45, 7) is 7.55. The molecule has 0 unspecified atom stereocenters. The Kier molecular flexibility index (Phi) is 5.18. The Bertz CT molecular complexity index is 1400. The lowest BCUT2D eigenvalue weighted by atomic mass is 10.2. The number of hydrogen-bond donors (Lipinski definition) is 1. The van der Waals surface area contributed by atoms with E-state index in [2.05, 4.69) is 15.0 Å². The highest BCUT2D eigenvalue weighted by Gasteiger charge is 2.20. The number of hydrogen-bond acceptors (Lipinski definition) is 6. The Morgan fingerprint density at radius 2 is 1.88 bits per heavy atom. The van der Waals surface area contributed by atoms with Gasteiger partial charge in [-0.3, -0.25) is 24.4 Å². The van der Waals surface area contributed by atoms with Gasteiger partial charge in [0.05, 0.1) is 21.1 Å². The van der Waals surface area contributed by atoms with Crippen LogP contribution in [0.15, 0.2) is 39.9 Å². The molecule has 1 fully saturated rings. The van der Waals surface area contributed by atoms with Gasteiger partial charge in [-0.25, -0.2) is 4.98 Å². The third-order valence-corrected chi connectivity index (χ3v) is 7.17. The lowest BCUT2D eigenvalue weighted by molar-refractivity contribution is -0.130. The molecule has 1 saturated heterocycles. The molecule has 1 N–H and O–H groups in total. The molecule has 1 amide bonds. The van der Waals surface area contributed by atoms with Crippen LogP contribution in [0.4, 0.5) is 0 Å². The molecular formula is C22H24N6O3S. The fraction of sp³-hybridized carbons (Fsp3) is 0.364. The zero-order valence-corrected chi connectivity index (χ0v) is 18.8. The van der Waals surface area contributed by atoms with E-state index in [4.69, 9.17) is 0 Å². The maximum atomic E-state index is 13.2. The van der Waals surface area contributed by atoms with Crippen LogP contribution in [0.2, 0.25) is 0 Å². The molecule has 0 atom stereocenters. The number of nitrogens with one attached hydrogen (secondary N) is 1. The predicted octanol–water partition coefficient (Wildman–Crippen LogP) is 1.56.